The van der Waals surface area contributed by atoms with Crippen LogP contribution >= 0.6 is 11.8 Å². The first-order chi connectivity index (χ1) is 7.45. The van der Waals surface area contributed by atoms with Crippen LogP contribution in [0.3, 0.4) is 0 Å². The van der Waals surface area contributed by atoms with E-state index in [1.165, 1.54) is 0 Å². The van der Waals surface area contributed by atoms with Crippen molar-refractivity contribution in [1.82, 2.24) is 4.98 Å². The Morgan fingerprint density at radius 1 is 1.20 bits per heavy atom. The Balaban J connectivity index is 1.68. The zero-order chi connectivity index (χ0) is 10.3. The lowest BCUT2D eigenvalue weighted by Gasteiger charge is -1.99. The van der Waals surface area contributed by atoms with Crippen LogP contribution in [-0.4, -0.2) is 10.7 Å². The minimum Gasteiger partial charge on any atom is -0.468 e. The van der Waals surface area contributed by atoms with E-state index >= 15 is 0 Å². The molecule has 2 nitrogen and oxygen atoms in total. The Morgan fingerprint density at radius 3 is 2.93 bits per heavy atom. The first-order valence-electron chi connectivity index (χ1n) is 4.95. The van der Waals surface area contributed by atoms with Crippen molar-refractivity contribution in [1.29, 1.82) is 0 Å². The Bertz CT molecular complexity index is 372. The Kier molecular flexibility index (Phi) is 3.85. The number of nitrogens with zero attached hydrogens (tertiary/aromatic N) is 1. The van der Waals surface area contributed by atoms with Gasteiger partial charge in [0.2, 0.25) is 0 Å². The van der Waals surface area contributed by atoms with Crippen LogP contribution in [0.5, 0.6) is 0 Å². The number of aromatic nitrogens is 1. The second kappa shape index (κ2) is 5.61. The van der Waals surface area contributed by atoms with Crippen molar-refractivity contribution >= 4 is 11.8 Å². The summed E-state index contributed by atoms with van der Waals surface area (Å²) in [4.78, 5) is 4.28. The molecule has 0 aliphatic heterocycles. The molecule has 2 heterocycles. The number of thioether (sulfide) groups is 1. The van der Waals surface area contributed by atoms with Crippen molar-refractivity contribution in [3.63, 3.8) is 0 Å². The minimum atomic E-state index is 0.944. The molecule has 3 heteroatoms. The van der Waals surface area contributed by atoms with Crippen LogP contribution in [0.25, 0.3) is 0 Å². The number of hydrogen-bond donors (Lipinski definition) is 0. The fourth-order valence-corrected chi connectivity index (χ4v) is 2.15. The molecule has 0 atom stereocenters. The average Bonchev–Trinajstić information content (AvgIpc) is 2.79. The topological polar surface area (TPSA) is 26.0 Å². The van der Waals surface area contributed by atoms with E-state index in [4.69, 9.17) is 4.42 Å². The lowest BCUT2D eigenvalue weighted by Crippen LogP contribution is -1.91. The molecule has 2 aromatic rings. The molecular weight excluding hydrogens is 206 g/mol. The summed E-state index contributed by atoms with van der Waals surface area (Å²) in [7, 11) is 0. The Labute approximate surface area is 93.7 Å². The molecule has 0 unspecified atom stereocenters. The molecule has 2 rings (SSSR count). The van der Waals surface area contributed by atoms with Gasteiger partial charge in [0, 0.05) is 11.9 Å². The zero-order valence-corrected chi connectivity index (χ0v) is 9.24. The second-order valence-electron chi connectivity index (χ2n) is 3.20. The predicted molar refractivity (Wildman–Crippen MR) is 62.8 cm³/mol. The molecule has 78 valence electrons. The average molecular weight is 219 g/mol. The highest BCUT2D eigenvalue weighted by atomic mass is 32.2. The summed E-state index contributed by atoms with van der Waals surface area (Å²) in [6.07, 6.45) is 4.58. The Morgan fingerprint density at radius 2 is 2.20 bits per heavy atom. The van der Waals surface area contributed by atoms with Crippen molar-refractivity contribution < 1.29 is 4.42 Å². The normalized spacial score (nSPS) is 10.4. The van der Waals surface area contributed by atoms with Crippen molar-refractivity contribution in [2.24, 2.45) is 0 Å². The summed E-state index contributed by atoms with van der Waals surface area (Å²) in [6.45, 7) is 0. The molecule has 0 radical (unpaired) electrons. The van der Waals surface area contributed by atoms with Crippen LogP contribution in [0.2, 0.25) is 0 Å². The molecule has 0 amide bonds. The molecule has 0 aliphatic carbocycles. The molecule has 0 bridgehead atoms. The van der Waals surface area contributed by atoms with Crippen LogP contribution in [0.4, 0.5) is 0 Å². The van der Waals surface area contributed by atoms with Gasteiger partial charge in [0.25, 0.3) is 0 Å². The van der Waals surface area contributed by atoms with Gasteiger partial charge in [-0.25, -0.2) is 0 Å². The smallest absolute Gasteiger partial charge is 0.113 e. The van der Waals surface area contributed by atoms with Crippen molar-refractivity contribution in [2.45, 2.75) is 12.2 Å². The summed E-state index contributed by atoms with van der Waals surface area (Å²) >= 11 is 1.87. The van der Waals surface area contributed by atoms with E-state index in [-0.39, 0.29) is 0 Å². The molecular formula is C12H13NOS. The molecule has 0 saturated heterocycles. The van der Waals surface area contributed by atoms with Crippen LogP contribution in [0.15, 0.2) is 47.2 Å². The highest BCUT2D eigenvalue weighted by molar-refractivity contribution is 7.98. The summed E-state index contributed by atoms with van der Waals surface area (Å²) in [5.41, 5.74) is 1.16. The van der Waals surface area contributed by atoms with Crippen molar-refractivity contribution in [3.05, 3.63) is 54.2 Å². The number of pyridine rings is 1. The third-order valence-electron chi connectivity index (χ3n) is 2.05. The second-order valence-corrected chi connectivity index (χ2v) is 4.31. The maximum Gasteiger partial charge on any atom is 0.113 e. The van der Waals surface area contributed by atoms with Crippen LogP contribution in [-0.2, 0) is 12.2 Å². The van der Waals surface area contributed by atoms with E-state index in [1.54, 1.807) is 6.26 Å². The first kappa shape index (κ1) is 10.3. The monoisotopic (exact) mass is 219 g/mol. The number of hydrogen-bond acceptors (Lipinski definition) is 3. The fraction of sp³-hybridized carbons (Fsp3) is 0.250. The largest absolute Gasteiger partial charge is 0.468 e. The minimum absolute atomic E-state index is 0.944. The summed E-state index contributed by atoms with van der Waals surface area (Å²) in [5.74, 6) is 3.07. The van der Waals surface area contributed by atoms with Gasteiger partial charge >= 0.3 is 0 Å². The maximum absolute atomic E-state index is 5.25. The molecule has 2 aromatic heterocycles. The standard InChI is InChI=1S/C12H13NOS/c1-2-7-13-11(4-1)6-9-15-10-12-5-3-8-14-12/h1-5,7-8H,6,9-10H2. The van der Waals surface area contributed by atoms with Gasteiger partial charge in [-0.15, -0.1) is 0 Å². The van der Waals surface area contributed by atoms with E-state index in [1.807, 2.05) is 42.2 Å². The highest BCUT2D eigenvalue weighted by Gasteiger charge is 1.97. The summed E-state index contributed by atoms with van der Waals surface area (Å²) in [5, 5.41) is 0. The van der Waals surface area contributed by atoms with Crippen LogP contribution in [0, 0.1) is 0 Å². The van der Waals surface area contributed by atoms with Crippen LogP contribution < -0.4 is 0 Å². The van der Waals surface area contributed by atoms with E-state index in [0.29, 0.717) is 0 Å². The van der Waals surface area contributed by atoms with E-state index in [2.05, 4.69) is 11.1 Å². The number of rotatable bonds is 5. The van der Waals surface area contributed by atoms with Gasteiger partial charge in [0.1, 0.15) is 5.76 Å². The predicted octanol–water partition coefficient (Wildman–Crippen LogP) is 3.15. The van der Waals surface area contributed by atoms with Gasteiger partial charge in [-0.3, -0.25) is 4.98 Å². The summed E-state index contributed by atoms with van der Waals surface area (Å²) < 4.78 is 5.25. The molecule has 0 saturated carbocycles. The van der Waals surface area contributed by atoms with E-state index in [0.717, 1.165) is 29.4 Å². The fourth-order valence-electron chi connectivity index (χ4n) is 1.29. The molecule has 0 aromatic carbocycles. The first-order valence-corrected chi connectivity index (χ1v) is 6.10. The molecule has 0 N–H and O–H groups in total. The van der Waals surface area contributed by atoms with E-state index in [9.17, 15) is 0 Å². The zero-order valence-electron chi connectivity index (χ0n) is 8.43. The SMILES string of the molecule is c1ccc(CCSCc2ccco2)nc1. The van der Waals surface area contributed by atoms with Gasteiger partial charge in [0.05, 0.1) is 12.0 Å². The van der Waals surface area contributed by atoms with E-state index < -0.39 is 0 Å². The lowest BCUT2D eigenvalue weighted by molar-refractivity contribution is 0.530. The lowest BCUT2D eigenvalue weighted by atomic mass is 10.3. The third-order valence-corrected chi connectivity index (χ3v) is 3.03. The van der Waals surface area contributed by atoms with Crippen LogP contribution in [0.1, 0.15) is 11.5 Å². The highest BCUT2D eigenvalue weighted by Crippen LogP contribution is 2.13. The van der Waals surface area contributed by atoms with Crippen molar-refractivity contribution in [3.8, 4) is 0 Å². The molecule has 0 spiro atoms. The van der Waals surface area contributed by atoms with Gasteiger partial charge < -0.3 is 4.42 Å². The maximum atomic E-state index is 5.25. The van der Waals surface area contributed by atoms with Gasteiger partial charge in [-0.2, -0.15) is 11.8 Å². The number of furan rings is 1. The van der Waals surface area contributed by atoms with Gasteiger partial charge in [-0.05, 0) is 36.4 Å². The van der Waals surface area contributed by atoms with Gasteiger partial charge in [0.15, 0.2) is 0 Å². The molecule has 15 heavy (non-hydrogen) atoms. The quantitative estimate of drug-likeness (QED) is 0.722. The molecule has 0 aliphatic rings. The number of aryl methyl sites for hydroxylation is 1. The third kappa shape index (κ3) is 3.44. The molecule has 0 fully saturated rings. The van der Waals surface area contributed by atoms with Crippen molar-refractivity contribution in [2.75, 3.05) is 5.75 Å². The summed E-state index contributed by atoms with van der Waals surface area (Å²) in [6, 6.07) is 9.97. The Hall–Kier alpha value is -1.22. The van der Waals surface area contributed by atoms with Gasteiger partial charge in [-0.1, -0.05) is 6.07 Å².